The van der Waals surface area contributed by atoms with Gasteiger partial charge < -0.3 is 0 Å². The van der Waals surface area contributed by atoms with E-state index in [-0.39, 0.29) is 17.2 Å². The number of nitrogen functional groups attached to an aromatic ring is 1. The first-order chi connectivity index (χ1) is 7.15. The van der Waals surface area contributed by atoms with Gasteiger partial charge in [0, 0.05) is 18.7 Å². The van der Waals surface area contributed by atoms with Crippen molar-refractivity contribution in [2.45, 2.75) is 25.8 Å². The molecule has 0 fully saturated rings. The van der Waals surface area contributed by atoms with Crippen LogP contribution in [0.1, 0.15) is 35.6 Å². The maximum Gasteiger partial charge on any atom is 0.272 e. The van der Waals surface area contributed by atoms with Crippen molar-refractivity contribution in [1.29, 1.82) is 0 Å². The van der Waals surface area contributed by atoms with Crippen molar-refractivity contribution in [2.24, 2.45) is 5.84 Å². The zero-order valence-electron chi connectivity index (χ0n) is 8.36. The number of carbonyl (C=O) groups is 1. The number of nitrogens with zero attached hydrogens (tertiary/aromatic N) is 2. The van der Waals surface area contributed by atoms with Crippen molar-refractivity contribution < 1.29 is 4.79 Å². The van der Waals surface area contributed by atoms with Gasteiger partial charge >= 0.3 is 0 Å². The normalized spacial score (nSPS) is 18.7. The van der Waals surface area contributed by atoms with Gasteiger partial charge in [0.1, 0.15) is 11.4 Å². The number of rotatable bonds is 1. The summed E-state index contributed by atoms with van der Waals surface area (Å²) in [5.74, 6) is 5.12. The molecule has 1 aromatic heterocycles. The van der Waals surface area contributed by atoms with Crippen LogP contribution in [0, 0.1) is 0 Å². The molecule has 0 radical (unpaired) electrons. The minimum atomic E-state index is -0.595. The molecule has 3 N–H and O–H groups in total. The molecule has 15 heavy (non-hydrogen) atoms. The van der Waals surface area contributed by atoms with Gasteiger partial charge in [0.25, 0.3) is 11.5 Å². The highest BCUT2D eigenvalue weighted by molar-refractivity contribution is 5.93. The first kappa shape index (κ1) is 9.85. The summed E-state index contributed by atoms with van der Waals surface area (Å²) >= 11 is 0. The Morgan fingerprint density at radius 3 is 3.13 bits per heavy atom. The number of hydrazine groups is 1. The molecule has 2 heterocycles. The average Bonchev–Trinajstić information content (AvgIpc) is 2.61. The fourth-order valence-electron chi connectivity index (χ4n) is 1.84. The standard InChI is InChI=1S/C9H12N4O2/c1-5-2-3-7-11-4-6(8(14)12-10)9(15)13(5)7/h4-5H,2-3,10H2,1H3,(H,12,14). The van der Waals surface area contributed by atoms with Crippen LogP contribution in [0.3, 0.4) is 0 Å². The van der Waals surface area contributed by atoms with Gasteiger partial charge in [-0.2, -0.15) is 0 Å². The topological polar surface area (TPSA) is 90.0 Å². The van der Waals surface area contributed by atoms with Crippen LogP contribution in [0.2, 0.25) is 0 Å². The Morgan fingerprint density at radius 2 is 2.47 bits per heavy atom. The minimum Gasteiger partial charge on any atom is -0.293 e. The molecule has 0 aliphatic carbocycles. The van der Waals surface area contributed by atoms with Crippen molar-refractivity contribution >= 4 is 5.91 Å². The molecule has 1 atom stereocenters. The highest BCUT2D eigenvalue weighted by Crippen LogP contribution is 2.20. The Hall–Kier alpha value is -1.69. The van der Waals surface area contributed by atoms with Crippen LogP contribution in [0.25, 0.3) is 0 Å². The molecule has 1 aromatic rings. The van der Waals surface area contributed by atoms with Gasteiger partial charge in [0.2, 0.25) is 0 Å². The van der Waals surface area contributed by atoms with Crippen molar-refractivity contribution in [3.63, 3.8) is 0 Å². The highest BCUT2D eigenvalue weighted by atomic mass is 16.2. The molecule has 6 nitrogen and oxygen atoms in total. The summed E-state index contributed by atoms with van der Waals surface area (Å²) in [6, 6.07) is 0.102. The molecular formula is C9H12N4O2. The minimum absolute atomic E-state index is 0.00463. The number of hydrogen-bond acceptors (Lipinski definition) is 4. The largest absolute Gasteiger partial charge is 0.293 e. The van der Waals surface area contributed by atoms with E-state index in [1.165, 1.54) is 6.20 Å². The summed E-state index contributed by atoms with van der Waals surface area (Å²) in [5.41, 5.74) is 1.62. The third kappa shape index (κ3) is 1.42. The van der Waals surface area contributed by atoms with Crippen LogP contribution in [-0.2, 0) is 6.42 Å². The SMILES string of the molecule is CC1CCc2ncc(C(=O)NN)c(=O)n21. The molecule has 0 bridgehead atoms. The summed E-state index contributed by atoms with van der Waals surface area (Å²) in [6.07, 6.45) is 2.95. The van der Waals surface area contributed by atoms with Gasteiger partial charge in [-0.15, -0.1) is 0 Å². The number of hydrogen-bond donors (Lipinski definition) is 2. The van der Waals surface area contributed by atoms with E-state index in [0.717, 1.165) is 18.7 Å². The summed E-state index contributed by atoms with van der Waals surface area (Å²) in [7, 11) is 0. The first-order valence-electron chi connectivity index (χ1n) is 4.76. The Bertz CT molecular complexity index is 466. The van der Waals surface area contributed by atoms with Crippen LogP contribution in [0.5, 0.6) is 0 Å². The van der Waals surface area contributed by atoms with E-state index < -0.39 is 5.91 Å². The van der Waals surface area contributed by atoms with Crippen LogP contribution in [0.15, 0.2) is 11.0 Å². The molecule has 0 aromatic carbocycles. The lowest BCUT2D eigenvalue weighted by Gasteiger charge is -2.09. The van der Waals surface area contributed by atoms with E-state index in [1.807, 2.05) is 12.3 Å². The lowest BCUT2D eigenvalue weighted by atomic mass is 10.2. The van der Waals surface area contributed by atoms with E-state index in [0.29, 0.717) is 0 Å². The smallest absolute Gasteiger partial charge is 0.272 e. The summed E-state index contributed by atoms with van der Waals surface area (Å²) in [4.78, 5) is 27.2. The van der Waals surface area contributed by atoms with Gasteiger partial charge in [0.15, 0.2) is 0 Å². The van der Waals surface area contributed by atoms with Crippen molar-refractivity contribution in [2.75, 3.05) is 0 Å². The number of aromatic nitrogens is 2. The fraction of sp³-hybridized carbons (Fsp3) is 0.444. The van der Waals surface area contributed by atoms with E-state index in [4.69, 9.17) is 5.84 Å². The van der Waals surface area contributed by atoms with E-state index in [2.05, 4.69) is 4.98 Å². The van der Waals surface area contributed by atoms with Gasteiger partial charge in [-0.1, -0.05) is 0 Å². The number of nitrogens with two attached hydrogens (primary N) is 1. The third-order valence-corrected chi connectivity index (χ3v) is 2.67. The Morgan fingerprint density at radius 1 is 1.73 bits per heavy atom. The van der Waals surface area contributed by atoms with E-state index in [1.54, 1.807) is 4.57 Å². The first-order valence-corrected chi connectivity index (χ1v) is 4.76. The molecule has 0 saturated carbocycles. The van der Waals surface area contributed by atoms with Crippen molar-refractivity contribution in [1.82, 2.24) is 15.0 Å². The maximum absolute atomic E-state index is 11.9. The predicted molar refractivity (Wildman–Crippen MR) is 53.2 cm³/mol. The summed E-state index contributed by atoms with van der Waals surface area (Å²) < 4.78 is 1.56. The fourth-order valence-corrected chi connectivity index (χ4v) is 1.84. The maximum atomic E-state index is 11.9. The molecular weight excluding hydrogens is 196 g/mol. The van der Waals surface area contributed by atoms with Gasteiger partial charge in [-0.3, -0.25) is 19.6 Å². The van der Waals surface area contributed by atoms with Crippen molar-refractivity contribution in [3.05, 3.63) is 27.9 Å². The Kier molecular flexibility index (Phi) is 2.28. The number of fused-ring (bicyclic) bond motifs is 1. The zero-order valence-corrected chi connectivity index (χ0v) is 8.36. The summed E-state index contributed by atoms with van der Waals surface area (Å²) in [6.45, 7) is 1.93. The lowest BCUT2D eigenvalue weighted by molar-refractivity contribution is 0.0951. The molecule has 6 heteroatoms. The lowest BCUT2D eigenvalue weighted by Crippen LogP contribution is -2.37. The van der Waals surface area contributed by atoms with Crippen LogP contribution >= 0.6 is 0 Å². The zero-order chi connectivity index (χ0) is 11.0. The number of nitrogens with one attached hydrogen (secondary N) is 1. The van der Waals surface area contributed by atoms with Crippen molar-refractivity contribution in [3.8, 4) is 0 Å². The van der Waals surface area contributed by atoms with Crippen LogP contribution < -0.4 is 16.8 Å². The molecule has 1 amide bonds. The second kappa shape index (κ2) is 3.47. The third-order valence-electron chi connectivity index (χ3n) is 2.67. The number of amides is 1. The van der Waals surface area contributed by atoms with E-state index in [9.17, 15) is 9.59 Å². The quantitative estimate of drug-likeness (QED) is 0.364. The molecule has 80 valence electrons. The van der Waals surface area contributed by atoms with Crippen LogP contribution in [0.4, 0.5) is 0 Å². The second-order valence-electron chi connectivity index (χ2n) is 3.62. The highest BCUT2D eigenvalue weighted by Gasteiger charge is 2.23. The molecule has 1 unspecified atom stereocenters. The summed E-state index contributed by atoms with van der Waals surface area (Å²) in [5, 5.41) is 0. The Labute approximate surface area is 86.1 Å². The molecule has 0 spiro atoms. The van der Waals surface area contributed by atoms with Gasteiger partial charge in [-0.05, 0) is 13.3 Å². The van der Waals surface area contributed by atoms with Crippen LogP contribution in [-0.4, -0.2) is 15.5 Å². The van der Waals surface area contributed by atoms with Gasteiger partial charge in [-0.25, -0.2) is 10.8 Å². The average molecular weight is 208 g/mol. The Balaban J connectivity index is 2.59. The molecule has 2 rings (SSSR count). The number of aryl methyl sites for hydroxylation is 1. The molecule has 0 saturated heterocycles. The van der Waals surface area contributed by atoms with E-state index >= 15 is 0 Å². The van der Waals surface area contributed by atoms with Gasteiger partial charge in [0.05, 0.1) is 0 Å². The number of carbonyl (C=O) groups excluding carboxylic acids is 1. The predicted octanol–water partition coefficient (Wildman–Crippen LogP) is -0.646. The molecule has 1 aliphatic rings. The monoisotopic (exact) mass is 208 g/mol. The second-order valence-corrected chi connectivity index (χ2v) is 3.62. The molecule has 1 aliphatic heterocycles.